The summed E-state index contributed by atoms with van der Waals surface area (Å²) in [4.78, 5) is 13.1. The zero-order valence-corrected chi connectivity index (χ0v) is 12.5. The summed E-state index contributed by atoms with van der Waals surface area (Å²) in [6.07, 6.45) is 2.03. The van der Waals surface area contributed by atoms with E-state index in [-0.39, 0.29) is 6.03 Å². The van der Waals surface area contributed by atoms with Crippen molar-refractivity contribution in [2.24, 2.45) is 0 Å². The zero-order valence-electron chi connectivity index (χ0n) is 11.6. The van der Waals surface area contributed by atoms with Crippen molar-refractivity contribution in [3.05, 3.63) is 59.7 Å². The Morgan fingerprint density at radius 3 is 2.55 bits per heavy atom. The van der Waals surface area contributed by atoms with E-state index in [1.807, 2.05) is 61.7 Å². The predicted octanol–water partition coefficient (Wildman–Crippen LogP) is 4.04. The molecule has 0 saturated heterocycles. The highest BCUT2D eigenvalue weighted by Gasteiger charge is 2.06. The second-order valence-electron chi connectivity index (χ2n) is 4.43. The largest absolute Gasteiger partial charge is 0.334 e. The summed E-state index contributed by atoms with van der Waals surface area (Å²) in [6, 6.07) is 15.6. The first-order chi connectivity index (χ1) is 9.70. The van der Waals surface area contributed by atoms with Crippen LogP contribution >= 0.6 is 11.8 Å². The minimum absolute atomic E-state index is 0.185. The molecule has 0 saturated carbocycles. The van der Waals surface area contributed by atoms with Crippen molar-refractivity contribution < 1.29 is 4.79 Å². The Morgan fingerprint density at radius 1 is 1.10 bits per heavy atom. The van der Waals surface area contributed by atoms with Crippen LogP contribution in [-0.2, 0) is 6.54 Å². The number of rotatable bonds is 4. The number of carbonyl (C=O) groups excluding carboxylic acids is 1. The van der Waals surface area contributed by atoms with E-state index in [4.69, 9.17) is 0 Å². The summed E-state index contributed by atoms with van der Waals surface area (Å²) in [7, 11) is 0. The molecule has 2 N–H and O–H groups in total. The molecule has 0 atom stereocenters. The molecule has 0 spiro atoms. The SMILES string of the molecule is CSc1cccc(NC(=O)NCc2ccccc2)c1C. The Morgan fingerprint density at radius 2 is 1.85 bits per heavy atom. The van der Waals surface area contributed by atoms with Gasteiger partial charge in [0.1, 0.15) is 0 Å². The van der Waals surface area contributed by atoms with Crippen molar-refractivity contribution in [1.29, 1.82) is 0 Å². The molecule has 3 nitrogen and oxygen atoms in total. The van der Waals surface area contributed by atoms with E-state index in [0.29, 0.717) is 6.54 Å². The summed E-state index contributed by atoms with van der Waals surface area (Å²) < 4.78 is 0. The minimum atomic E-state index is -0.185. The number of anilines is 1. The third-order valence-electron chi connectivity index (χ3n) is 3.05. The van der Waals surface area contributed by atoms with Gasteiger partial charge in [0.2, 0.25) is 0 Å². The van der Waals surface area contributed by atoms with Gasteiger partial charge in [-0.05, 0) is 36.4 Å². The summed E-state index contributed by atoms with van der Waals surface area (Å²) in [5.41, 5.74) is 3.02. The molecule has 20 heavy (non-hydrogen) atoms. The van der Waals surface area contributed by atoms with Crippen molar-refractivity contribution >= 4 is 23.5 Å². The van der Waals surface area contributed by atoms with Gasteiger partial charge < -0.3 is 10.6 Å². The molecular formula is C16H18N2OS. The Hall–Kier alpha value is -1.94. The topological polar surface area (TPSA) is 41.1 Å². The number of urea groups is 1. The summed E-state index contributed by atoms with van der Waals surface area (Å²) in [5.74, 6) is 0. The van der Waals surface area contributed by atoms with Crippen LogP contribution in [0.5, 0.6) is 0 Å². The lowest BCUT2D eigenvalue weighted by atomic mass is 10.2. The van der Waals surface area contributed by atoms with Crippen molar-refractivity contribution in [2.45, 2.75) is 18.4 Å². The quantitative estimate of drug-likeness (QED) is 0.833. The Kier molecular flexibility index (Phi) is 5.07. The van der Waals surface area contributed by atoms with Gasteiger partial charge in [0.05, 0.1) is 0 Å². The molecule has 0 heterocycles. The van der Waals surface area contributed by atoms with E-state index in [1.54, 1.807) is 11.8 Å². The van der Waals surface area contributed by atoms with Gasteiger partial charge in [-0.1, -0.05) is 36.4 Å². The number of hydrogen-bond acceptors (Lipinski definition) is 2. The van der Waals surface area contributed by atoms with Crippen LogP contribution in [0.4, 0.5) is 10.5 Å². The van der Waals surface area contributed by atoms with Crippen molar-refractivity contribution in [1.82, 2.24) is 5.32 Å². The predicted molar refractivity (Wildman–Crippen MR) is 85.3 cm³/mol. The highest BCUT2D eigenvalue weighted by Crippen LogP contribution is 2.25. The Labute approximate surface area is 123 Å². The highest BCUT2D eigenvalue weighted by molar-refractivity contribution is 7.98. The van der Waals surface area contributed by atoms with E-state index in [9.17, 15) is 4.79 Å². The lowest BCUT2D eigenvalue weighted by Gasteiger charge is -2.12. The van der Waals surface area contributed by atoms with Crippen LogP contribution in [0.1, 0.15) is 11.1 Å². The van der Waals surface area contributed by atoms with Gasteiger partial charge in [0, 0.05) is 17.1 Å². The number of hydrogen-bond donors (Lipinski definition) is 2. The molecular weight excluding hydrogens is 268 g/mol. The number of carbonyl (C=O) groups is 1. The molecule has 0 aliphatic heterocycles. The second kappa shape index (κ2) is 7.01. The number of amides is 2. The molecule has 2 aromatic rings. The van der Waals surface area contributed by atoms with Crippen molar-refractivity contribution in [2.75, 3.05) is 11.6 Å². The van der Waals surface area contributed by atoms with Crippen LogP contribution in [0, 0.1) is 6.92 Å². The van der Waals surface area contributed by atoms with E-state index in [0.717, 1.165) is 16.8 Å². The molecule has 0 radical (unpaired) electrons. The summed E-state index contributed by atoms with van der Waals surface area (Å²) in [6.45, 7) is 2.53. The molecule has 0 unspecified atom stereocenters. The fourth-order valence-electron chi connectivity index (χ4n) is 1.92. The average molecular weight is 286 g/mol. The zero-order chi connectivity index (χ0) is 14.4. The molecule has 0 bridgehead atoms. The summed E-state index contributed by atoms with van der Waals surface area (Å²) in [5, 5.41) is 5.75. The molecule has 104 valence electrons. The fourth-order valence-corrected chi connectivity index (χ4v) is 2.55. The van der Waals surface area contributed by atoms with Crippen LogP contribution in [0.25, 0.3) is 0 Å². The first-order valence-electron chi connectivity index (χ1n) is 6.43. The average Bonchev–Trinajstić information content (AvgIpc) is 2.48. The van der Waals surface area contributed by atoms with E-state index in [1.165, 1.54) is 4.90 Å². The third kappa shape index (κ3) is 3.78. The fraction of sp³-hybridized carbons (Fsp3) is 0.188. The molecule has 4 heteroatoms. The Bertz CT molecular complexity index is 584. The van der Waals surface area contributed by atoms with Gasteiger partial charge >= 0.3 is 6.03 Å². The lowest BCUT2D eigenvalue weighted by molar-refractivity contribution is 0.251. The van der Waals surface area contributed by atoms with Gasteiger partial charge in [0.15, 0.2) is 0 Å². The first-order valence-corrected chi connectivity index (χ1v) is 7.65. The molecule has 0 aliphatic carbocycles. The number of benzene rings is 2. The first kappa shape index (κ1) is 14.5. The van der Waals surface area contributed by atoms with Crippen LogP contribution in [-0.4, -0.2) is 12.3 Å². The van der Waals surface area contributed by atoms with Crippen molar-refractivity contribution in [3.63, 3.8) is 0 Å². The van der Waals surface area contributed by atoms with Crippen LogP contribution in [0.15, 0.2) is 53.4 Å². The van der Waals surface area contributed by atoms with Gasteiger partial charge in [-0.15, -0.1) is 11.8 Å². The van der Waals surface area contributed by atoms with Crippen LogP contribution in [0.3, 0.4) is 0 Å². The van der Waals surface area contributed by atoms with Crippen LogP contribution < -0.4 is 10.6 Å². The normalized spacial score (nSPS) is 10.1. The molecule has 2 rings (SSSR count). The number of nitrogens with one attached hydrogen (secondary N) is 2. The van der Waals surface area contributed by atoms with E-state index >= 15 is 0 Å². The van der Waals surface area contributed by atoms with Crippen LogP contribution in [0.2, 0.25) is 0 Å². The highest BCUT2D eigenvalue weighted by atomic mass is 32.2. The summed E-state index contributed by atoms with van der Waals surface area (Å²) >= 11 is 1.68. The maximum Gasteiger partial charge on any atom is 0.319 e. The van der Waals surface area contributed by atoms with Crippen molar-refractivity contribution in [3.8, 4) is 0 Å². The maximum absolute atomic E-state index is 11.9. The third-order valence-corrected chi connectivity index (χ3v) is 3.93. The van der Waals surface area contributed by atoms with E-state index in [2.05, 4.69) is 10.6 Å². The Balaban J connectivity index is 1.95. The van der Waals surface area contributed by atoms with Gasteiger partial charge in [-0.3, -0.25) is 0 Å². The molecule has 2 amide bonds. The molecule has 2 aromatic carbocycles. The monoisotopic (exact) mass is 286 g/mol. The lowest BCUT2D eigenvalue weighted by Crippen LogP contribution is -2.28. The van der Waals surface area contributed by atoms with Gasteiger partial charge in [0.25, 0.3) is 0 Å². The van der Waals surface area contributed by atoms with E-state index < -0.39 is 0 Å². The standard InChI is InChI=1S/C16H18N2OS/c1-12-14(9-6-10-15(12)20-2)18-16(19)17-11-13-7-4-3-5-8-13/h3-10H,11H2,1-2H3,(H2,17,18,19). The molecule has 0 aliphatic rings. The number of thioether (sulfide) groups is 1. The maximum atomic E-state index is 11.9. The molecule has 0 aromatic heterocycles. The minimum Gasteiger partial charge on any atom is -0.334 e. The van der Waals surface area contributed by atoms with Gasteiger partial charge in [-0.2, -0.15) is 0 Å². The second-order valence-corrected chi connectivity index (χ2v) is 5.27. The smallest absolute Gasteiger partial charge is 0.319 e. The molecule has 0 fully saturated rings. The van der Waals surface area contributed by atoms with Gasteiger partial charge in [-0.25, -0.2) is 4.79 Å².